The predicted molar refractivity (Wildman–Crippen MR) is 48.5 cm³/mol. The molecule has 1 aliphatic rings. The Morgan fingerprint density at radius 1 is 1.50 bits per heavy atom. The maximum atomic E-state index is 12.4. The third-order valence-electron chi connectivity index (χ3n) is 2.68. The fourth-order valence-corrected chi connectivity index (χ4v) is 1.79. The summed E-state index contributed by atoms with van der Waals surface area (Å²) in [5, 5.41) is 0. The smallest absolute Gasteiger partial charge is 0.391 e. The number of esters is 1. The zero-order valence-corrected chi connectivity index (χ0v) is 8.84. The van der Waals surface area contributed by atoms with E-state index in [0.29, 0.717) is 0 Å². The van der Waals surface area contributed by atoms with Gasteiger partial charge in [0, 0.05) is 6.42 Å². The third-order valence-corrected chi connectivity index (χ3v) is 2.68. The van der Waals surface area contributed by atoms with Crippen LogP contribution < -0.4 is 0 Å². The summed E-state index contributed by atoms with van der Waals surface area (Å²) in [4.78, 5) is 22.6. The van der Waals surface area contributed by atoms with Gasteiger partial charge in [0.2, 0.25) is 0 Å². The zero-order valence-electron chi connectivity index (χ0n) is 8.84. The van der Waals surface area contributed by atoms with Gasteiger partial charge in [0.25, 0.3) is 0 Å². The van der Waals surface area contributed by atoms with Crippen molar-refractivity contribution >= 4 is 11.8 Å². The Labute approximate surface area is 91.0 Å². The number of hydrogen-bond donors (Lipinski definition) is 0. The van der Waals surface area contributed by atoms with Crippen molar-refractivity contribution in [3.63, 3.8) is 0 Å². The highest BCUT2D eigenvalue weighted by Gasteiger charge is 2.46. The van der Waals surface area contributed by atoms with Gasteiger partial charge in [-0.05, 0) is 19.8 Å². The van der Waals surface area contributed by atoms with Crippen molar-refractivity contribution in [1.82, 2.24) is 0 Å². The summed E-state index contributed by atoms with van der Waals surface area (Å²) in [5.41, 5.74) is 0. The van der Waals surface area contributed by atoms with Crippen LogP contribution >= 0.6 is 0 Å². The summed E-state index contributed by atoms with van der Waals surface area (Å²) < 4.78 is 41.9. The molecule has 1 aliphatic carbocycles. The highest BCUT2D eigenvalue weighted by Crippen LogP contribution is 2.38. The number of carbonyl (C=O) groups excluding carboxylic acids is 2. The van der Waals surface area contributed by atoms with Crippen LogP contribution in [0.2, 0.25) is 0 Å². The van der Waals surface area contributed by atoms with Gasteiger partial charge in [-0.3, -0.25) is 9.59 Å². The quantitative estimate of drug-likeness (QED) is 0.546. The molecule has 0 aromatic carbocycles. The first-order valence-corrected chi connectivity index (χ1v) is 5.12. The molecule has 0 aliphatic heterocycles. The number of halogens is 3. The van der Waals surface area contributed by atoms with Crippen molar-refractivity contribution in [2.45, 2.75) is 32.4 Å². The second-order valence-electron chi connectivity index (χ2n) is 3.78. The molecule has 0 bridgehead atoms. The van der Waals surface area contributed by atoms with Crippen LogP contribution in [0, 0.1) is 11.8 Å². The lowest BCUT2D eigenvalue weighted by atomic mass is 9.80. The molecule has 3 nitrogen and oxygen atoms in total. The van der Waals surface area contributed by atoms with E-state index in [1.165, 1.54) is 0 Å². The van der Waals surface area contributed by atoms with Gasteiger partial charge in [-0.1, -0.05) is 0 Å². The molecule has 1 rings (SSSR count). The van der Waals surface area contributed by atoms with Crippen LogP contribution in [0.25, 0.3) is 0 Å². The van der Waals surface area contributed by atoms with Crippen LogP contribution in [-0.2, 0) is 14.3 Å². The summed E-state index contributed by atoms with van der Waals surface area (Å²) in [6, 6.07) is 0. The third kappa shape index (κ3) is 2.96. The average Bonchev–Trinajstić information content (AvgIpc) is 2.16. The molecule has 0 amide bonds. The summed E-state index contributed by atoms with van der Waals surface area (Å²) in [5.74, 6) is -4.08. The Balaban J connectivity index is 2.69. The minimum atomic E-state index is -4.34. The highest BCUT2D eigenvalue weighted by atomic mass is 19.4. The van der Waals surface area contributed by atoms with Crippen LogP contribution in [0.4, 0.5) is 13.2 Å². The second kappa shape index (κ2) is 4.84. The molecule has 0 spiro atoms. The van der Waals surface area contributed by atoms with Crippen LogP contribution in [0.15, 0.2) is 0 Å². The van der Waals surface area contributed by atoms with E-state index in [4.69, 9.17) is 0 Å². The molecule has 1 fully saturated rings. The minimum absolute atomic E-state index is 0.0687. The van der Waals surface area contributed by atoms with Gasteiger partial charge in [-0.15, -0.1) is 0 Å². The van der Waals surface area contributed by atoms with Crippen LogP contribution in [0.5, 0.6) is 0 Å². The summed E-state index contributed by atoms with van der Waals surface area (Å²) in [6.07, 6.45) is -5.24. The fourth-order valence-electron chi connectivity index (χ4n) is 1.79. The first kappa shape index (κ1) is 13.0. The monoisotopic (exact) mass is 238 g/mol. The minimum Gasteiger partial charge on any atom is -0.465 e. The van der Waals surface area contributed by atoms with Crippen molar-refractivity contribution in [3.05, 3.63) is 0 Å². The lowest BCUT2D eigenvalue weighted by molar-refractivity contribution is -0.189. The van der Waals surface area contributed by atoms with Crippen molar-refractivity contribution in [2.24, 2.45) is 11.8 Å². The SMILES string of the molecule is CCOC(=O)C1CC(C(F)(F)F)CCC1=O. The maximum Gasteiger partial charge on any atom is 0.391 e. The molecule has 0 aromatic rings. The Bertz CT molecular complexity index is 286. The van der Waals surface area contributed by atoms with Gasteiger partial charge in [0.1, 0.15) is 11.7 Å². The summed E-state index contributed by atoms with van der Waals surface area (Å²) in [7, 11) is 0. The average molecular weight is 238 g/mol. The maximum absolute atomic E-state index is 12.4. The van der Waals surface area contributed by atoms with E-state index in [2.05, 4.69) is 4.74 Å². The zero-order chi connectivity index (χ0) is 12.3. The number of rotatable bonds is 2. The summed E-state index contributed by atoms with van der Waals surface area (Å²) >= 11 is 0. The molecular formula is C10H13F3O3. The normalized spacial score (nSPS) is 26.6. The Hall–Kier alpha value is -1.07. The van der Waals surface area contributed by atoms with Crippen LogP contribution in [-0.4, -0.2) is 24.5 Å². The molecular weight excluding hydrogens is 225 g/mol. The van der Waals surface area contributed by atoms with Crippen molar-refractivity contribution < 1.29 is 27.5 Å². The Kier molecular flexibility index (Phi) is 3.93. The number of ketones is 1. The molecule has 1 saturated carbocycles. The first-order valence-electron chi connectivity index (χ1n) is 5.12. The van der Waals surface area contributed by atoms with E-state index in [0.717, 1.165) is 0 Å². The van der Waals surface area contributed by atoms with Crippen molar-refractivity contribution in [1.29, 1.82) is 0 Å². The molecule has 6 heteroatoms. The van der Waals surface area contributed by atoms with Crippen molar-refractivity contribution in [2.75, 3.05) is 6.61 Å². The van der Waals surface area contributed by atoms with Crippen LogP contribution in [0.1, 0.15) is 26.2 Å². The second-order valence-corrected chi connectivity index (χ2v) is 3.78. The van der Waals surface area contributed by atoms with Crippen LogP contribution in [0.3, 0.4) is 0 Å². The number of ether oxygens (including phenoxy) is 1. The van der Waals surface area contributed by atoms with Crippen molar-refractivity contribution in [3.8, 4) is 0 Å². The number of Topliss-reactive ketones (excluding diaryl/α,β-unsaturated/α-hetero) is 1. The van der Waals surface area contributed by atoms with E-state index in [9.17, 15) is 22.8 Å². The van der Waals surface area contributed by atoms with Gasteiger partial charge < -0.3 is 4.74 Å². The number of alkyl halides is 3. The molecule has 2 unspecified atom stereocenters. The van der Waals surface area contributed by atoms with E-state index >= 15 is 0 Å². The van der Waals surface area contributed by atoms with E-state index in [1.807, 2.05) is 0 Å². The van der Waals surface area contributed by atoms with E-state index in [1.54, 1.807) is 6.92 Å². The molecule has 92 valence electrons. The molecule has 0 saturated heterocycles. The van der Waals surface area contributed by atoms with Gasteiger partial charge in [-0.2, -0.15) is 13.2 Å². The highest BCUT2D eigenvalue weighted by molar-refractivity contribution is 5.99. The van der Waals surface area contributed by atoms with Gasteiger partial charge in [0.15, 0.2) is 0 Å². The molecule has 16 heavy (non-hydrogen) atoms. The molecule has 2 atom stereocenters. The molecule has 0 radical (unpaired) electrons. The number of hydrogen-bond acceptors (Lipinski definition) is 3. The lowest BCUT2D eigenvalue weighted by Gasteiger charge is -2.28. The van der Waals surface area contributed by atoms with Gasteiger partial charge in [0.05, 0.1) is 12.5 Å². The van der Waals surface area contributed by atoms with Gasteiger partial charge >= 0.3 is 12.1 Å². The Morgan fingerprint density at radius 3 is 2.62 bits per heavy atom. The van der Waals surface area contributed by atoms with E-state index in [-0.39, 0.29) is 19.4 Å². The predicted octanol–water partition coefficient (Wildman–Crippen LogP) is 2.10. The first-order chi connectivity index (χ1) is 7.36. The van der Waals surface area contributed by atoms with E-state index < -0.39 is 36.2 Å². The number of carbonyl (C=O) groups is 2. The molecule has 0 aromatic heterocycles. The Morgan fingerprint density at radius 2 is 2.12 bits per heavy atom. The lowest BCUT2D eigenvalue weighted by Crippen LogP contribution is -2.37. The standard InChI is InChI=1S/C10H13F3O3/c1-2-16-9(15)7-5-6(10(11,12)13)3-4-8(7)14/h6-7H,2-5H2,1H3. The topological polar surface area (TPSA) is 43.4 Å². The summed E-state index contributed by atoms with van der Waals surface area (Å²) in [6.45, 7) is 1.62. The molecule has 0 N–H and O–H groups in total. The molecule has 0 heterocycles. The largest absolute Gasteiger partial charge is 0.465 e. The fraction of sp³-hybridized carbons (Fsp3) is 0.800. The van der Waals surface area contributed by atoms with Gasteiger partial charge in [-0.25, -0.2) is 0 Å².